The van der Waals surface area contributed by atoms with E-state index in [-0.39, 0.29) is 20.1 Å². The van der Waals surface area contributed by atoms with Crippen molar-refractivity contribution in [3.05, 3.63) is 48.9 Å². The standard InChI is InChI=1S/C10H7N2.Ir/c1-2-4-9(5-3-1)10-8-11-6-7-12-10;/h1-4,6-8H;/q-1;. The molecule has 0 saturated heterocycles. The van der Waals surface area contributed by atoms with Crippen molar-refractivity contribution in [2.24, 2.45) is 0 Å². The van der Waals surface area contributed by atoms with Crippen LogP contribution in [0.1, 0.15) is 0 Å². The molecule has 67 valence electrons. The predicted molar refractivity (Wildman–Crippen MR) is 46.3 cm³/mol. The molecule has 0 amide bonds. The fraction of sp³-hybridized carbons (Fsp3) is 0. The topological polar surface area (TPSA) is 25.8 Å². The fourth-order valence-corrected chi connectivity index (χ4v) is 0.991. The molecule has 0 fully saturated rings. The van der Waals surface area contributed by atoms with E-state index in [2.05, 4.69) is 16.0 Å². The van der Waals surface area contributed by atoms with E-state index in [1.807, 2.05) is 24.3 Å². The molecule has 0 aliphatic heterocycles. The van der Waals surface area contributed by atoms with Crippen molar-refractivity contribution < 1.29 is 20.1 Å². The second-order valence-electron chi connectivity index (χ2n) is 2.37. The maximum absolute atomic E-state index is 4.16. The van der Waals surface area contributed by atoms with Crippen LogP contribution in [0.4, 0.5) is 0 Å². The summed E-state index contributed by atoms with van der Waals surface area (Å²) in [6, 6.07) is 10.8. The van der Waals surface area contributed by atoms with Crippen molar-refractivity contribution in [1.29, 1.82) is 0 Å². The zero-order valence-corrected chi connectivity index (χ0v) is 9.16. The molecule has 0 N–H and O–H groups in total. The molecule has 13 heavy (non-hydrogen) atoms. The zero-order chi connectivity index (χ0) is 8.23. The average Bonchev–Trinajstić information content (AvgIpc) is 2.21. The number of rotatable bonds is 1. The monoisotopic (exact) mass is 348 g/mol. The average molecular weight is 347 g/mol. The SMILES string of the molecule is [Ir].[c-]1ccccc1-c1cnccn1. The molecule has 1 aromatic carbocycles. The molecular formula is C10H7IrN2-. The summed E-state index contributed by atoms with van der Waals surface area (Å²) in [7, 11) is 0. The summed E-state index contributed by atoms with van der Waals surface area (Å²) >= 11 is 0. The van der Waals surface area contributed by atoms with Crippen molar-refractivity contribution in [2.45, 2.75) is 0 Å². The molecule has 0 aliphatic carbocycles. The van der Waals surface area contributed by atoms with Crippen LogP contribution in [0.3, 0.4) is 0 Å². The van der Waals surface area contributed by atoms with Gasteiger partial charge in [0.25, 0.3) is 0 Å². The Balaban J connectivity index is 0.000000845. The van der Waals surface area contributed by atoms with Crippen LogP contribution in [0.5, 0.6) is 0 Å². The number of nitrogens with zero attached hydrogens (tertiary/aromatic N) is 2. The van der Waals surface area contributed by atoms with Crippen LogP contribution >= 0.6 is 0 Å². The fourth-order valence-electron chi connectivity index (χ4n) is 0.991. The number of hydrogen-bond donors (Lipinski definition) is 0. The quantitative estimate of drug-likeness (QED) is 0.737. The van der Waals surface area contributed by atoms with Gasteiger partial charge in [0.15, 0.2) is 0 Å². The Morgan fingerprint density at radius 3 is 2.69 bits per heavy atom. The first-order chi connectivity index (χ1) is 5.97. The van der Waals surface area contributed by atoms with E-state index in [0.717, 1.165) is 11.3 Å². The second-order valence-corrected chi connectivity index (χ2v) is 2.37. The van der Waals surface area contributed by atoms with E-state index in [4.69, 9.17) is 0 Å². The largest absolute Gasteiger partial charge is 0.302 e. The van der Waals surface area contributed by atoms with E-state index in [1.54, 1.807) is 18.6 Å². The maximum Gasteiger partial charge on any atom is 0.0432 e. The number of aromatic nitrogens is 2. The first-order valence-electron chi connectivity index (χ1n) is 3.70. The van der Waals surface area contributed by atoms with Gasteiger partial charge in [-0.2, -0.15) is 0 Å². The van der Waals surface area contributed by atoms with Gasteiger partial charge in [0.2, 0.25) is 0 Å². The number of hydrogen-bond acceptors (Lipinski definition) is 2. The van der Waals surface area contributed by atoms with Crippen LogP contribution in [0.2, 0.25) is 0 Å². The molecule has 3 heteroatoms. The van der Waals surface area contributed by atoms with Crippen molar-refractivity contribution in [3.63, 3.8) is 0 Å². The van der Waals surface area contributed by atoms with Gasteiger partial charge in [-0.1, -0.05) is 0 Å². The molecule has 0 bridgehead atoms. The predicted octanol–water partition coefficient (Wildman–Crippen LogP) is 1.94. The first-order valence-corrected chi connectivity index (χ1v) is 3.70. The van der Waals surface area contributed by atoms with E-state index in [0.29, 0.717) is 0 Å². The van der Waals surface area contributed by atoms with Gasteiger partial charge in [0.1, 0.15) is 0 Å². The van der Waals surface area contributed by atoms with Gasteiger partial charge in [0.05, 0.1) is 0 Å². The molecule has 0 unspecified atom stereocenters. The van der Waals surface area contributed by atoms with Crippen LogP contribution in [-0.2, 0) is 20.1 Å². The van der Waals surface area contributed by atoms with Crippen molar-refractivity contribution in [3.8, 4) is 11.3 Å². The molecule has 2 aromatic rings. The third-order valence-electron chi connectivity index (χ3n) is 1.55. The zero-order valence-electron chi connectivity index (χ0n) is 6.77. The van der Waals surface area contributed by atoms with Gasteiger partial charge < -0.3 is 4.98 Å². The van der Waals surface area contributed by atoms with Crippen LogP contribution < -0.4 is 0 Å². The Morgan fingerprint density at radius 1 is 1.15 bits per heavy atom. The minimum Gasteiger partial charge on any atom is -0.302 e. The van der Waals surface area contributed by atoms with Crippen molar-refractivity contribution >= 4 is 0 Å². The summed E-state index contributed by atoms with van der Waals surface area (Å²) in [5.41, 5.74) is 1.84. The van der Waals surface area contributed by atoms with Crippen LogP contribution in [0.15, 0.2) is 42.9 Å². The molecule has 1 aromatic heterocycles. The summed E-state index contributed by atoms with van der Waals surface area (Å²) in [5, 5.41) is 0. The Kier molecular flexibility index (Phi) is 3.74. The molecule has 0 aliphatic rings. The Morgan fingerprint density at radius 2 is 2.08 bits per heavy atom. The van der Waals surface area contributed by atoms with Gasteiger partial charge in [-0.3, -0.25) is 4.98 Å². The molecule has 0 atom stereocenters. The normalized spacial score (nSPS) is 8.92. The Bertz CT molecular complexity index is 310. The minimum absolute atomic E-state index is 0. The molecule has 1 heterocycles. The van der Waals surface area contributed by atoms with Gasteiger partial charge in [-0.25, -0.2) is 0 Å². The third-order valence-corrected chi connectivity index (χ3v) is 1.55. The van der Waals surface area contributed by atoms with Crippen molar-refractivity contribution in [2.75, 3.05) is 0 Å². The van der Waals surface area contributed by atoms with Gasteiger partial charge in [-0.15, -0.1) is 35.9 Å². The van der Waals surface area contributed by atoms with Crippen molar-refractivity contribution in [1.82, 2.24) is 9.97 Å². The smallest absolute Gasteiger partial charge is 0.0432 e. The second kappa shape index (κ2) is 4.85. The van der Waals surface area contributed by atoms with E-state index < -0.39 is 0 Å². The van der Waals surface area contributed by atoms with Crippen LogP contribution in [0.25, 0.3) is 11.3 Å². The summed E-state index contributed by atoms with van der Waals surface area (Å²) in [5.74, 6) is 0. The van der Waals surface area contributed by atoms with Gasteiger partial charge >= 0.3 is 0 Å². The van der Waals surface area contributed by atoms with Crippen LogP contribution in [0, 0.1) is 6.07 Å². The Labute approximate surface area is 90.4 Å². The molecule has 2 rings (SSSR count). The molecular weight excluding hydrogens is 340 g/mol. The maximum atomic E-state index is 4.16. The van der Waals surface area contributed by atoms with E-state index in [9.17, 15) is 0 Å². The molecule has 2 nitrogen and oxygen atoms in total. The summed E-state index contributed by atoms with van der Waals surface area (Å²) < 4.78 is 0. The summed E-state index contributed by atoms with van der Waals surface area (Å²) in [4.78, 5) is 8.13. The summed E-state index contributed by atoms with van der Waals surface area (Å²) in [6.45, 7) is 0. The van der Waals surface area contributed by atoms with E-state index >= 15 is 0 Å². The van der Waals surface area contributed by atoms with Gasteiger partial charge in [-0.05, 0) is 0 Å². The van der Waals surface area contributed by atoms with Gasteiger partial charge in [0, 0.05) is 44.4 Å². The first kappa shape index (κ1) is 10.0. The summed E-state index contributed by atoms with van der Waals surface area (Å²) in [6.07, 6.45) is 5.06. The number of benzene rings is 1. The molecule has 0 saturated carbocycles. The van der Waals surface area contributed by atoms with E-state index in [1.165, 1.54) is 0 Å². The molecule has 0 spiro atoms. The van der Waals surface area contributed by atoms with Crippen LogP contribution in [-0.4, -0.2) is 9.97 Å². The molecule has 1 radical (unpaired) electrons. The minimum atomic E-state index is 0. The third kappa shape index (κ3) is 2.44. The Hall–Kier alpha value is -1.05.